The van der Waals surface area contributed by atoms with Crippen LogP contribution in [0.4, 0.5) is 5.82 Å². The predicted molar refractivity (Wildman–Crippen MR) is 74.8 cm³/mol. The van der Waals surface area contributed by atoms with Crippen LogP contribution in [0.2, 0.25) is 0 Å². The number of nitrogens with one attached hydrogen (secondary N) is 1. The van der Waals surface area contributed by atoms with Gasteiger partial charge in [-0.05, 0) is 31.2 Å². The van der Waals surface area contributed by atoms with Gasteiger partial charge in [0.15, 0.2) is 5.16 Å². The summed E-state index contributed by atoms with van der Waals surface area (Å²) in [6, 6.07) is 0. The highest BCUT2D eigenvalue weighted by Gasteiger charge is 2.12. The standard InChI is InChI=1S/C12H16N6S/c1-4-9-16-10(18-13)8(3)11(17-9)19-12-14-5-7(2)6-15-12/h5-6H,4,13H2,1-3H3,(H,16,17,18). The zero-order chi connectivity index (χ0) is 13.8. The molecule has 0 aliphatic heterocycles. The van der Waals surface area contributed by atoms with E-state index in [1.165, 1.54) is 11.8 Å². The van der Waals surface area contributed by atoms with Crippen molar-refractivity contribution < 1.29 is 0 Å². The summed E-state index contributed by atoms with van der Waals surface area (Å²) >= 11 is 1.41. The highest BCUT2D eigenvalue weighted by Crippen LogP contribution is 2.28. The number of nitrogens with zero attached hydrogens (tertiary/aromatic N) is 4. The van der Waals surface area contributed by atoms with Gasteiger partial charge in [-0.15, -0.1) is 0 Å². The maximum atomic E-state index is 5.48. The van der Waals surface area contributed by atoms with Crippen LogP contribution in [0.25, 0.3) is 0 Å². The Morgan fingerprint density at radius 3 is 2.47 bits per heavy atom. The van der Waals surface area contributed by atoms with E-state index in [1.54, 1.807) is 12.4 Å². The van der Waals surface area contributed by atoms with Crippen LogP contribution in [0.5, 0.6) is 0 Å². The molecule has 0 saturated carbocycles. The summed E-state index contributed by atoms with van der Waals surface area (Å²) < 4.78 is 0. The van der Waals surface area contributed by atoms with E-state index in [2.05, 4.69) is 25.4 Å². The maximum Gasteiger partial charge on any atom is 0.193 e. The molecule has 0 aromatic carbocycles. The van der Waals surface area contributed by atoms with E-state index in [4.69, 9.17) is 5.84 Å². The molecule has 100 valence electrons. The third kappa shape index (κ3) is 3.18. The molecule has 19 heavy (non-hydrogen) atoms. The molecule has 0 bridgehead atoms. The second-order valence-corrected chi connectivity index (χ2v) is 5.02. The fourth-order valence-electron chi connectivity index (χ4n) is 1.46. The Balaban J connectivity index is 2.35. The van der Waals surface area contributed by atoms with E-state index in [1.807, 2.05) is 20.8 Å². The number of nitrogen functional groups attached to an aromatic ring is 1. The topological polar surface area (TPSA) is 89.6 Å². The van der Waals surface area contributed by atoms with Crippen molar-refractivity contribution in [2.45, 2.75) is 37.4 Å². The first kappa shape index (κ1) is 13.7. The van der Waals surface area contributed by atoms with E-state index in [9.17, 15) is 0 Å². The number of hydrazine groups is 1. The van der Waals surface area contributed by atoms with Crippen LogP contribution in [-0.4, -0.2) is 19.9 Å². The van der Waals surface area contributed by atoms with Gasteiger partial charge in [0, 0.05) is 24.4 Å². The second-order valence-electron chi connectivity index (χ2n) is 4.06. The zero-order valence-corrected chi connectivity index (χ0v) is 12.0. The molecule has 7 heteroatoms. The SMILES string of the molecule is CCc1nc(NN)c(C)c(Sc2ncc(C)cn2)n1. The van der Waals surface area contributed by atoms with Crippen molar-refractivity contribution in [3.05, 3.63) is 29.3 Å². The molecule has 2 heterocycles. The molecular weight excluding hydrogens is 260 g/mol. The Labute approximate surface area is 116 Å². The van der Waals surface area contributed by atoms with Crippen molar-refractivity contribution in [1.82, 2.24) is 19.9 Å². The van der Waals surface area contributed by atoms with Gasteiger partial charge in [-0.3, -0.25) is 0 Å². The largest absolute Gasteiger partial charge is 0.308 e. The minimum Gasteiger partial charge on any atom is -0.308 e. The molecule has 2 aromatic heterocycles. The Hall–Kier alpha value is -1.73. The van der Waals surface area contributed by atoms with Crippen LogP contribution in [0.3, 0.4) is 0 Å². The lowest BCUT2D eigenvalue weighted by Crippen LogP contribution is -2.13. The molecule has 0 amide bonds. The molecule has 3 N–H and O–H groups in total. The van der Waals surface area contributed by atoms with Crippen LogP contribution in [0.1, 0.15) is 23.9 Å². The van der Waals surface area contributed by atoms with E-state index in [0.717, 1.165) is 28.4 Å². The van der Waals surface area contributed by atoms with Crippen molar-refractivity contribution in [3.8, 4) is 0 Å². The Kier molecular flexibility index (Phi) is 4.28. The number of hydrogen-bond donors (Lipinski definition) is 2. The lowest BCUT2D eigenvalue weighted by atomic mass is 10.3. The monoisotopic (exact) mass is 276 g/mol. The Bertz CT molecular complexity index is 569. The first-order chi connectivity index (χ1) is 9.13. The molecule has 0 radical (unpaired) electrons. The minimum absolute atomic E-state index is 0.640. The summed E-state index contributed by atoms with van der Waals surface area (Å²) in [6.45, 7) is 5.88. The van der Waals surface area contributed by atoms with Crippen LogP contribution < -0.4 is 11.3 Å². The summed E-state index contributed by atoms with van der Waals surface area (Å²) in [4.78, 5) is 17.3. The highest BCUT2D eigenvalue weighted by atomic mass is 32.2. The molecule has 0 aliphatic carbocycles. The van der Waals surface area contributed by atoms with Crippen molar-refractivity contribution >= 4 is 17.6 Å². The summed E-state index contributed by atoms with van der Waals surface area (Å²) in [5.74, 6) is 6.86. The number of aryl methyl sites for hydroxylation is 2. The Morgan fingerprint density at radius 2 is 1.89 bits per heavy atom. The predicted octanol–water partition coefficient (Wildman–Crippen LogP) is 1.88. The van der Waals surface area contributed by atoms with Gasteiger partial charge in [-0.1, -0.05) is 6.92 Å². The highest BCUT2D eigenvalue weighted by molar-refractivity contribution is 7.99. The smallest absolute Gasteiger partial charge is 0.193 e. The van der Waals surface area contributed by atoms with Gasteiger partial charge in [-0.25, -0.2) is 25.8 Å². The summed E-state index contributed by atoms with van der Waals surface area (Å²) in [5, 5.41) is 1.49. The summed E-state index contributed by atoms with van der Waals surface area (Å²) in [6.07, 6.45) is 4.32. The molecule has 0 fully saturated rings. The number of hydrogen-bond acceptors (Lipinski definition) is 7. The average Bonchev–Trinajstić information content (AvgIpc) is 2.43. The van der Waals surface area contributed by atoms with Crippen molar-refractivity contribution in [2.75, 3.05) is 5.43 Å². The van der Waals surface area contributed by atoms with Gasteiger partial charge in [-0.2, -0.15) is 0 Å². The minimum atomic E-state index is 0.640. The van der Waals surface area contributed by atoms with Gasteiger partial charge in [0.1, 0.15) is 16.7 Å². The summed E-state index contributed by atoms with van der Waals surface area (Å²) in [7, 11) is 0. The van der Waals surface area contributed by atoms with Gasteiger partial charge >= 0.3 is 0 Å². The molecule has 0 saturated heterocycles. The average molecular weight is 276 g/mol. The fraction of sp³-hybridized carbons (Fsp3) is 0.333. The van der Waals surface area contributed by atoms with E-state index < -0.39 is 0 Å². The normalized spacial score (nSPS) is 10.5. The van der Waals surface area contributed by atoms with Gasteiger partial charge in [0.25, 0.3) is 0 Å². The van der Waals surface area contributed by atoms with Gasteiger partial charge < -0.3 is 5.43 Å². The molecule has 6 nitrogen and oxygen atoms in total. The maximum absolute atomic E-state index is 5.48. The Morgan fingerprint density at radius 1 is 1.21 bits per heavy atom. The van der Waals surface area contributed by atoms with E-state index in [0.29, 0.717) is 11.0 Å². The molecule has 2 rings (SSSR count). The quantitative estimate of drug-likeness (QED) is 0.381. The molecule has 0 spiro atoms. The van der Waals surface area contributed by atoms with Crippen LogP contribution in [-0.2, 0) is 6.42 Å². The van der Waals surface area contributed by atoms with Gasteiger partial charge in [0.2, 0.25) is 0 Å². The molecule has 0 aliphatic rings. The fourth-order valence-corrected chi connectivity index (χ4v) is 2.24. The first-order valence-electron chi connectivity index (χ1n) is 5.94. The third-order valence-corrected chi connectivity index (χ3v) is 3.53. The van der Waals surface area contributed by atoms with E-state index in [-0.39, 0.29) is 0 Å². The second kappa shape index (κ2) is 5.94. The number of anilines is 1. The zero-order valence-electron chi connectivity index (χ0n) is 11.1. The van der Waals surface area contributed by atoms with Crippen LogP contribution in [0.15, 0.2) is 22.6 Å². The van der Waals surface area contributed by atoms with E-state index >= 15 is 0 Å². The van der Waals surface area contributed by atoms with Crippen molar-refractivity contribution in [3.63, 3.8) is 0 Å². The van der Waals surface area contributed by atoms with Crippen molar-refractivity contribution in [2.24, 2.45) is 5.84 Å². The van der Waals surface area contributed by atoms with Crippen molar-refractivity contribution in [1.29, 1.82) is 0 Å². The van der Waals surface area contributed by atoms with Crippen LogP contribution in [0, 0.1) is 13.8 Å². The lowest BCUT2D eigenvalue weighted by molar-refractivity contribution is 0.865. The van der Waals surface area contributed by atoms with Crippen LogP contribution >= 0.6 is 11.8 Å². The number of rotatable bonds is 4. The molecule has 0 atom stereocenters. The first-order valence-corrected chi connectivity index (χ1v) is 6.76. The molecule has 2 aromatic rings. The lowest BCUT2D eigenvalue weighted by Gasteiger charge is -2.10. The number of nitrogens with two attached hydrogens (primary N) is 1. The summed E-state index contributed by atoms with van der Waals surface area (Å²) in [5.41, 5.74) is 4.53. The molecular formula is C12H16N6S. The number of aromatic nitrogens is 4. The van der Waals surface area contributed by atoms with Gasteiger partial charge in [0.05, 0.1) is 0 Å². The third-order valence-electron chi connectivity index (χ3n) is 2.55. The molecule has 0 unspecified atom stereocenters.